The van der Waals surface area contributed by atoms with Gasteiger partial charge in [0.25, 0.3) is 0 Å². The minimum Gasteiger partial charge on any atom is -0.476 e. The van der Waals surface area contributed by atoms with Crippen LogP contribution in [0.1, 0.15) is 50.5 Å². The molecule has 0 saturated heterocycles. The van der Waals surface area contributed by atoms with Gasteiger partial charge in [-0.05, 0) is 30.6 Å². The highest BCUT2D eigenvalue weighted by atomic mass is 16.6. The molecule has 1 aromatic heterocycles. The molecular weight excluding hydrogens is 246 g/mol. The zero-order valence-corrected chi connectivity index (χ0v) is 11.6. The molecule has 2 rings (SSSR count). The third kappa shape index (κ3) is 3.28. The molecule has 0 radical (unpaired) electrons. The number of carboxylic acid groups (broad SMARTS) is 1. The zero-order valence-electron chi connectivity index (χ0n) is 11.6. The summed E-state index contributed by atoms with van der Waals surface area (Å²) >= 11 is 0. The van der Waals surface area contributed by atoms with E-state index in [1.807, 2.05) is 0 Å². The van der Waals surface area contributed by atoms with Crippen LogP contribution in [0.25, 0.3) is 0 Å². The van der Waals surface area contributed by atoms with Crippen molar-refractivity contribution in [2.75, 3.05) is 0 Å². The van der Waals surface area contributed by atoms with Gasteiger partial charge in [0, 0.05) is 0 Å². The van der Waals surface area contributed by atoms with E-state index in [-0.39, 0.29) is 17.9 Å². The van der Waals surface area contributed by atoms with Gasteiger partial charge in [-0.3, -0.25) is 0 Å². The second-order valence-corrected chi connectivity index (χ2v) is 5.79. The lowest BCUT2D eigenvalue weighted by Gasteiger charge is -2.36. The molecule has 1 aromatic rings. The highest BCUT2D eigenvalue weighted by Crippen LogP contribution is 2.35. The summed E-state index contributed by atoms with van der Waals surface area (Å²) in [7, 11) is 0. The van der Waals surface area contributed by atoms with E-state index in [0.29, 0.717) is 17.8 Å². The van der Waals surface area contributed by atoms with E-state index in [1.54, 1.807) is 0 Å². The first-order valence-corrected chi connectivity index (χ1v) is 6.82. The lowest BCUT2D eigenvalue weighted by molar-refractivity contribution is 0.0244. The number of carbonyl (C=O) groups is 1. The number of rotatable bonds is 4. The topological polar surface area (TPSA) is 72.6 Å². The van der Waals surface area contributed by atoms with Crippen molar-refractivity contribution in [1.29, 1.82) is 0 Å². The lowest BCUT2D eigenvalue weighted by atomic mass is 9.75. The molecule has 0 spiro atoms. The highest BCUT2D eigenvalue weighted by molar-refractivity contribution is 5.84. The third-order valence-electron chi connectivity index (χ3n) is 3.92. The molecule has 1 fully saturated rings. The molecule has 1 heterocycles. The van der Waals surface area contributed by atoms with E-state index in [9.17, 15) is 4.79 Å². The fraction of sp³-hybridized carbons (Fsp3) is 0.714. The van der Waals surface area contributed by atoms with Crippen LogP contribution in [-0.2, 0) is 0 Å². The number of hydrogen-bond donors (Lipinski definition) is 1. The normalized spacial score (nSPS) is 27.5. The average molecular weight is 267 g/mol. The third-order valence-corrected chi connectivity index (χ3v) is 3.92. The van der Waals surface area contributed by atoms with Crippen molar-refractivity contribution < 1.29 is 19.1 Å². The predicted molar refractivity (Wildman–Crippen MR) is 69.2 cm³/mol. The van der Waals surface area contributed by atoms with E-state index in [2.05, 4.69) is 25.8 Å². The molecule has 1 aliphatic rings. The Hall–Kier alpha value is -1.52. The first-order chi connectivity index (χ1) is 8.97. The fourth-order valence-electron chi connectivity index (χ4n) is 2.79. The lowest BCUT2D eigenvalue weighted by Crippen LogP contribution is -2.36. The number of carboxylic acids is 1. The monoisotopic (exact) mass is 267 g/mol. The molecular formula is C14H21NO4. The fourth-order valence-corrected chi connectivity index (χ4v) is 2.79. The van der Waals surface area contributed by atoms with Gasteiger partial charge < -0.3 is 14.3 Å². The Labute approximate surface area is 113 Å². The SMILES string of the molecule is CC1CCC(C(C)C)C(Oc2nc(C(=O)O)co2)C1. The van der Waals surface area contributed by atoms with Gasteiger partial charge >= 0.3 is 12.0 Å². The molecule has 0 amide bonds. The molecule has 3 unspecified atom stereocenters. The first-order valence-electron chi connectivity index (χ1n) is 6.82. The summed E-state index contributed by atoms with van der Waals surface area (Å²) in [6.45, 7) is 6.59. The minimum atomic E-state index is -1.10. The van der Waals surface area contributed by atoms with Gasteiger partial charge in [-0.1, -0.05) is 27.2 Å². The van der Waals surface area contributed by atoms with Gasteiger partial charge in [0.15, 0.2) is 5.69 Å². The first kappa shape index (κ1) is 13.9. The van der Waals surface area contributed by atoms with E-state index in [1.165, 1.54) is 6.42 Å². The van der Waals surface area contributed by atoms with Crippen LogP contribution in [0, 0.1) is 17.8 Å². The maximum Gasteiger partial charge on any atom is 0.394 e. The van der Waals surface area contributed by atoms with Crippen LogP contribution in [0.15, 0.2) is 10.7 Å². The van der Waals surface area contributed by atoms with Crippen LogP contribution in [0.3, 0.4) is 0 Å². The molecule has 0 bridgehead atoms. The number of oxazole rings is 1. The van der Waals surface area contributed by atoms with Crippen LogP contribution >= 0.6 is 0 Å². The summed E-state index contributed by atoms with van der Waals surface area (Å²) in [6, 6.07) is 0. The van der Waals surface area contributed by atoms with Gasteiger partial charge in [-0.25, -0.2) is 4.79 Å². The van der Waals surface area contributed by atoms with Crippen molar-refractivity contribution in [3.05, 3.63) is 12.0 Å². The summed E-state index contributed by atoms with van der Waals surface area (Å²) in [5.41, 5.74) is -0.111. The average Bonchev–Trinajstić information content (AvgIpc) is 2.77. The molecule has 0 aromatic carbocycles. The molecule has 5 nitrogen and oxygen atoms in total. The second kappa shape index (κ2) is 5.63. The smallest absolute Gasteiger partial charge is 0.394 e. The molecule has 0 aliphatic heterocycles. The van der Waals surface area contributed by atoms with Crippen molar-refractivity contribution in [3.63, 3.8) is 0 Å². The quantitative estimate of drug-likeness (QED) is 0.906. The summed E-state index contributed by atoms with van der Waals surface area (Å²) in [5, 5.41) is 8.81. The Morgan fingerprint density at radius 1 is 1.53 bits per heavy atom. The number of ether oxygens (including phenoxy) is 1. The summed E-state index contributed by atoms with van der Waals surface area (Å²) in [4.78, 5) is 14.6. The molecule has 1 saturated carbocycles. The van der Waals surface area contributed by atoms with Crippen LogP contribution in [0.2, 0.25) is 0 Å². The predicted octanol–water partition coefficient (Wildman–Crippen LogP) is 3.21. The Balaban J connectivity index is 2.07. The van der Waals surface area contributed by atoms with Crippen molar-refractivity contribution in [2.24, 2.45) is 17.8 Å². The summed E-state index contributed by atoms with van der Waals surface area (Å²) < 4.78 is 10.9. The Morgan fingerprint density at radius 2 is 2.26 bits per heavy atom. The van der Waals surface area contributed by atoms with Crippen LogP contribution in [0.5, 0.6) is 6.08 Å². The number of nitrogens with zero attached hydrogens (tertiary/aromatic N) is 1. The van der Waals surface area contributed by atoms with Gasteiger partial charge in [0.2, 0.25) is 0 Å². The van der Waals surface area contributed by atoms with Crippen molar-refractivity contribution >= 4 is 5.97 Å². The zero-order chi connectivity index (χ0) is 14.0. The highest BCUT2D eigenvalue weighted by Gasteiger charge is 2.33. The van der Waals surface area contributed by atoms with Gasteiger partial charge in [-0.15, -0.1) is 0 Å². The standard InChI is InChI=1S/C14H21NO4/c1-8(2)10-5-4-9(3)6-12(10)19-14-15-11(7-18-14)13(16)17/h7-10,12H,4-6H2,1-3H3,(H,16,17). The minimum absolute atomic E-state index is 0.0593. The Kier molecular flexibility index (Phi) is 4.12. The molecule has 106 valence electrons. The van der Waals surface area contributed by atoms with Gasteiger partial charge in [0.1, 0.15) is 12.4 Å². The molecule has 3 atom stereocenters. The van der Waals surface area contributed by atoms with Gasteiger partial charge in [0.05, 0.1) is 0 Å². The van der Waals surface area contributed by atoms with Crippen LogP contribution < -0.4 is 4.74 Å². The Bertz CT molecular complexity index is 440. The second-order valence-electron chi connectivity index (χ2n) is 5.79. The molecule has 1 N–H and O–H groups in total. The van der Waals surface area contributed by atoms with Crippen molar-refractivity contribution in [3.8, 4) is 6.08 Å². The van der Waals surface area contributed by atoms with E-state index < -0.39 is 5.97 Å². The van der Waals surface area contributed by atoms with Crippen LogP contribution in [0.4, 0.5) is 0 Å². The van der Waals surface area contributed by atoms with Gasteiger partial charge in [-0.2, -0.15) is 4.98 Å². The van der Waals surface area contributed by atoms with Crippen molar-refractivity contribution in [1.82, 2.24) is 4.98 Å². The maximum atomic E-state index is 10.8. The summed E-state index contributed by atoms with van der Waals surface area (Å²) in [6.07, 6.45) is 4.57. The largest absolute Gasteiger partial charge is 0.476 e. The number of aromatic carboxylic acids is 1. The molecule has 19 heavy (non-hydrogen) atoms. The molecule has 5 heteroatoms. The van der Waals surface area contributed by atoms with E-state index in [0.717, 1.165) is 19.1 Å². The Morgan fingerprint density at radius 3 is 2.84 bits per heavy atom. The number of aromatic nitrogens is 1. The van der Waals surface area contributed by atoms with Crippen molar-refractivity contribution in [2.45, 2.75) is 46.1 Å². The maximum absolute atomic E-state index is 10.8. The summed E-state index contributed by atoms with van der Waals surface area (Å²) in [5.74, 6) is 0.521. The molecule has 1 aliphatic carbocycles. The van der Waals surface area contributed by atoms with E-state index >= 15 is 0 Å². The number of hydrogen-bond acceptors (Lipinski definition) is 4. The van der Waals surface area contributed by atoms with Crippen LogP contribution in [-0.4, -0.2) is 22.2 Å². The van der Waals surface area contributed by atoms with E-state index in [4.69, 9.17) is 14.3 Å².